The predicted molar refractivity (Wildman–Crippen MR) is 135 cm³/mol. The number of para-hydroxylation sites is 2. The molecule has 35 heavy (non-hydrogen) atoms. The molecular formula is C28H38N4O3. The summed E-state index contributed by atoms with van der Waals surface area (Å²) in [5.41, 5.74) is 1.19. The predicted octanol–water partition coefficient (Wildman–Crippen LogP) is 4.56. The zero-order valence-electron chi connectivity index (χ0n) is 21.1. The minimum absolute atomic E-state index is 0.0512. The van der Waals surface area contributed by atoms with E-state index in [9.17, 15) is 9.59 Å². The SMILES string of the molecule is CON(C)C(=O)c1nc2ccccc2n([C@@H]2C[C@@H]3CCC[C@H]2N3C2CC3CCCCC(C3)C2)c1=O. The first-order valence-electron chi connectivity index (χ1n) is 13.7. The fourth-order valence-corrected chi connectivity index (χ4v) is 8.01. The largest absolute Gasteiger partial charge is 0.301 e. The lowest BCUT2D eigenvalue weighted by Crippen LogP contribution is -2.51. The number of carbonyl (C=O) groups is 1. The number of hydrogen-bond donors (Lipinski definition) is 0. The summed E-state index contributed by atoms with van der Waals surface area (Å²) >= 11 is 0. The van der Waals surface area contributed by atoms with Gasteiger partial charge in [-0.15, -0.1) is 0 Å². The third-order valence-corrected chi connectivity index (χ3v) is 9.46. The van der Waals surface area contributed by atoms with Gasteiger partial charge in [-0.1, -0.05) is 44.2 Å². The molecule has 0 N–H and O–H groups in total. The van der Waals surface area contributed by atoms with E-state index in [4.69, 9.17) is 4.84 Å². The van der Waals surface area contributed by atoms with Gasteiger partial charge in [0.05, 0.1) is 24.2 Å². The van der Waals surface area contributed by atoms with Crippen LogP contribution in [0, 0.1) is 11.8 Å². The van der Waals surface area contributed by atoms with Gasteiger partial charge in [0.25, 0.3) is 5.56 Å². The zero-order valence-corrected chi connectivity index (χ0v) is 21.1. The van der Waals surface area contributed by atoms with Crippen molar-refractivity contribution in [3.63, 3.8) is 0 Å². The standard InChI is InChI=1S/C28H38N4O3/c1-30(35-2)27(33)26-28(34)32(23-12-6-5-11-22(23)29-26)25-17-20-10-7-13-24(25)31(20)21-15-18-8-3-4-9-19(14-18)16-21/h5-6,11-12,18-21,24-25H,3-4,7-10,13-17H2,1-2H3/t18?,19?,20-,21?,24+,25+/m0/s1. The molecule has 1 aromatic carbocycles. The van der Waals surface area contributed by atoms with Crippen molar-refractivity contribution in [1.82, 2.24) is 19.5 Å². The van der Waals surface area contributed by atoms with Crippen LogP contribution in [0.4, 0.5) is 0 Å². The van der Waals surface area contributed by atoms with Gasteiger partial charge in [0.2, 0.25) is 0 Å². The third-order valence-electron chi connectivity index (χ3n) is 9.46. The summed E-state index contributed by atoms with van der Waals surface area (Å²) in [6.07, 6.45) is 14.2. The topological polar surface area (TPSA) is 67.7 Å². The maximum atomic E-state index is 13.9. The van der Waals surface area contributed by atoms with Crippen LogP contribution in [0.3, 0.4) is 0 Å². The summed E-state index contributed by atoms with van der Waals surface area (Å²) in [4.78, 5) is 39.3. The van der Waals surface area contributed by atoms with Crippen molar-refractivity contribution in [3.05, 3.63) is 40.3 Å². The smallest absolute Gasteiger partial charge is 0.300 e. The fraction of sp³-hybridized carbons (Fsp3) is 0.679. The molecule has 7 heteroatoms. The van der Waals surface area contributed by atoms with Crippen molar-refractivity contribution in [2.75, 3.05) is 14.2 Å². The minimum Gasteiger partial charge on any atom is -0.300 e. The normalized spacial score (nSPS) is 33.0. The average Bonchev–Trinajstić information content (AvgIpc) is 2.98. The highest BCUT2D eigenvalue weighted by Gasteiger charge is 2.49. The van der Waals surface area contributed by atoms with Crippen molar-refractivity contribution in [3.8, 4) is 0 Å². The molecule has 2 aliphatic heterocycles. The Kier molecular flexibility index (Phi) is 6.17. The Morgan fingerprint density at radius 1 is 0.943 bits per heavy atom. The summed E-state index contributed by atoms with van der Waals surface area (Å²) < 4.78 is 1.93. The molecule has 4 fully saturated rings. The number of hydrogen-bond acceptors (Lipinski definition) is 5. The number of fused-ring (bicyclic) bond motifs is 5. The molecule has 5 atom stereocenters. The van der Waals surface area contributed by atoms with Crippen LogP contribution >= 0.6 is 0 Å². The van der Waals surface area contributed by atoms with E-state index in [0.717, 1.165) is 35.3 Å². The highest BCUT2D eigenvalue weighted by atomic mass is 16.7. The van der Waals surface area contributed by atoms with E-state index < -0.39 is 5.91 Å². The van der Waals surface area contributed by atoms with Crippen LogP contribution in [0.15, 0.2) is 29.1 Å². The lowest BCUT2D eigenvalue weighted by atomic mass is 9.76. The number of aromatic nitrogens is 2. The van der Waals surface area contributed by atoms with Gasteiger partial charge in [0, 0.05) is 25.2 Å². The molecule has 1 aromatic heterocycles. The van der Waals surface area contributed by atoms with E-state index >= 15 is 0 Å². The first-order valence-corrected chi connectivity index (χ1v) is 13.7. The number of nitrogens with zero attached hydrogens (tertiary/aromatic N) is 4. The fourth-order valence-electron chi connectivity index (χ4n) is 8.01. The number of benzene rings is 1. The van der Waals surface area contributed by atoms with Crippen molar-refractivity contribution in [2.24, 2.45) is 11.8 Å². The first-order chi connectivity index (χ1) is 17.0. The molecule has 7 nitrogen and oxygen atoms in total. The summed E-state index contributed by atoms with van der Waals surface area (Å²) in [5, 5.41) is 1.09. The second kappa shape index (κ2) is 9.32. The number of amides is 1. The second-order valence-electron chi connectivity index (χ2n) is 11.4. The van der Waals surface area contributed by atoms with E-state index in [0.29, 0.717) is 23.6 Å². The maximum Gasteiger partial charge on any atom is 0.301 e. The van der Waals surface area contributed by atoms with E-state index in [2.05, 4.69) is 9.88 Å². The van der Waals surface area contributed by atoms with E-state index in [1.165, 1.54) is 71.9 Å². The van der Waals surface area contributed by atoms with Gasteiger partial charge >= 0.3 is 5.91 Å². The molecule has 4 bridgehead atoms. The molecule has 2 aliphatic carbocycles. The molecule has 0 spiro atoms. The van der Waals surface area contributed by atoms with Crippen LogP contribution in [0.5, 0.6) is 0 Å². The molecular weight excluding hydrogens is 440 g/mol. The number of piperidine rings is 1. The summed E-state index contributed by atoms with van der Waals surface area (Å²) in [6.45, 7) is 0. The van der Waals surface area contributed by atoms with Gasteiger partial charge in [-0.05, 0) is 62.5 Å². The quantitative estimate of drug-likeness (QED) is 0.603. The van der Waals surface area contributed by atoms with Crippen LogP contribution in [0.25, 0.3) is 11.0 Å². The first kappa shape index (κ1) is 23.2. The van der Waals surface area contributed by atoms with Crippen molar-refractivity contribution in [2.45, 2.75) is 94.8 Å². The van der Waals surface area contributed by atoms with Gasteiger partial charge < -0.3 is 0 Å². The minimum atomic E-state index is -0.494. The Labute approximate surface area is 207 Å². The van der Waals surface area contributed by atoms with Crippen LogP contribution in [0.1, 0.15) is 87.2 Å². The van der Waals surface area contributed by atoms with Gasteiger partial charge in [0.1, 0.15) is 0 Å². The van der Waals surface area contributed by atoms with Crippen LogP contribution in [-0.2, 0) is 4.84 Å². The van der Waals surface area contributed by atoms with Crippen LogP contribution in [-0.4, -0.2) is 57.7 Å². The van der Waals surface area contributed by atoms with Gasteiger partial charge in [-0.3, -0.25) is 23.9 Å². The highest BCUT2D eigenvalue weighted by Crippen LogP contribution is 2.49. The summed E-state index contributed by atoms with van der Waals surface area (Å²) in [6, 6.07) is 9.37. The van der Waals surface area contributed by atoms with Crippen LogP contribution < -0.4 is 5.56 Å². The summed E-state index contributed by atoms with van der Waals surface area (Å²) in [5.74, 6) is 1.25. The number of rotatable bonds is 4. The maximum absolute atomic E-state index is 13.9. The average molecular weight is 479 g/mol. The number of hydroxylamine groups is 2. The molecule has 2 saturated heterocycles. The van der Waals surface area contributed by atoms with Crippen molar-refractivity contribution in [1.29, 1.82) is 0 Å². The molecule has 188 valence electrons. The monoisotopic (exact) mass is 478 g/mol. The van der Waals surface area contributed by atoms with E-state index in [1.54, 1.807) is 0 Å². The molecule has 1 amide bonds. The van der Waals surface area contributed by atoms with E-state index in [-0.39, 0.29) is 17.3 Å². The number of carbonyl (C=O) groups excluding carboxylic acids is 1. The lowest BCUT2D eigenvalue weighted by Gasteiger charge is -2.46. The molecule has 6 rings (SSSR count). The zero-order chi connectivity index (χ0) is 24.1. The Balaban J connectivity index is 1.41. The Morgan fingerprint density at radius 2 is 1.69 bits per heavy atom. The van der Waals surface area contributed by atoms with E-state index in [1.807, 2.05) is 28.8 Å². The van der Waals surface area contributed by atoms with Gasteiger partial charge in [-0.25, -0.2) is 10.0 Å². The second-order valence-corrected chi connectivity index (χ2v) is 11.4. The van der Waals surface area contributed by atoms with Gasteiger partial charge in [0.15, 0.2) is 5.69 Å². The summed E-state index contributed by atoms with van der Waals surface area (Å²) in [7, 11) is 2.95. The molecule has 4 aliphatic rings. The molecule has 2 unspecified atom stereocenters. The third kappa shape index (κ3) is 4.01. The molecule has 2 saturated carbocycles. The molecule has 2 aromatic rings. The Morgan fingerprint density at radius 3 is 2.43 bits per heavy atom. The van der Waals surface area contributed by atoms with Crippen LogP contribution in [0.2, 0.25) is 0 Å². The molecule has 3 heterocycles. The Bertz CT molecular complexity index is 1150. The van der Waals surface area contributed by atoms with Gasteiger partial charge in [-0.2, -0.15) is 0 Å². The highest BCUT2D eigenvalue weighted by molar-refractivity contribution is 5.93. The molecule has 0 radical (unpaired) electrons. The Hall–Kier alpha value is -2.25. The van der Waals surface area contributed by atoms with Crippen molar-refractivity contribution >= 4 is 16.9 Å². The lowest BCUT2D eigenvalue weighted by molar-refractivity contribution is -0.0761. The van der Waals surface area contributed by atoms with Crippen molar-refractivity contribution < 1.29 is 9.63 Å².